The second kappa shape index (κ2) is 6.26. The lowest BCUT2D eigenvalue weighted by molar-refractivity contribution is -0.268. The van der Waals surface area contributed by atoms with Crippen molar-refractivity contribution in [2.75, 3.05) is 20.6 Å². The van der Waals surface area contributed by atoms with Crippen LogP contribution in [0.15, 0.2) is 29.3 Å². The number of likely N-dealkylation sites (N-methyl/N-ethyl adjacent to an activating group) is 1. The summed E-state index contributed by atoms with van der Waals surface area (Å²) in [6.07, 6.45) is -6.67. The van der Waals surface area contributed by atoms with Gasteiger partial charge in [-0.25, -0.2) is 14.9 Å². The molecule has 1 aliphatic heterocycles. The molecular weight excluding hydrogens is 295 g/mol. The summed E-state index contributed by atoms with van der Waals surface area (Å²) in [6, 6.07) is 6.93. The summed E-state index contributed by atoms with van der Waals surface area (Å²) in [5, 5.41) is 1.27. The van der Waals surface area contributed by atoms with Crippen LogP contribution in [0.1, 0.15) is 18.1 Å². The molecule has 0 saturated heterocycles. The minimum Gasteiger partial charge on any atom is -0.307 e. The van der Waals surface area contributed by atoms with Crippen molar-refractivity contribution < 1.29 is 18.0 Å². The molecule has 0 N–H and O–H groups in total. The molecule has 1 aliphatic rings. The molecule has 0 amide bonds. The Bertz CT molecular complexity index is 540. The van der Waals surface area contributed by atoms with Crippen LogP contribution < -0.4 is 0 Å². The molecular formula is C15H20F3N3O. The molecule has 0 radical (unpaired) electrons. The number of rotatable bonds is 4. The van der Waals surface area contributed by atoms with E-state index in [0.717, 1.165) is 5.56 Å². The predicted molar refractivity (Wildman–Crippen MR) is 78.5 cm³/mol. The zero-order valence-electron chi connectivity index (χ0n) is 13.1. The minimum absolute atomic E-state index is 0.219. The fraction of sp³-hybridized carbons (Fsp3) is 0.533. The number of nitrogens with zero attached hydrogens (tertiary/aromatic N) is 3. The van der Waals surface area contributed by atoms with Crippen LogP contribution in [-0.4, -0.2) is 54.9 Å². The zero-order valence-corrected chi connectivity index (χ0v) is 13.1. The number of hydroxylamine groups is 2. The summed E-state index contributed by atoms with van der Waals surface area (Å²) >= 11 is 0. The fourth-order valence-electron chi connectivity index (χ4n) is 2.30. The number of aliphatic imine (C=N–C) groups is 1. The second-order valence-electron chi connectivity index (χ2n) is 5.76. The second-order valence-corrected chi connectivity index (χ2v) is 5.76. The maximum absolute atomic E-state index is 12.9. The van der Waals surface area contributed by atoms with E-state index in [9.17, 15) is 13.2 Å². The molecule has 0 fully saturated rings. The van der Waals surface area contributed by atoms with Crippen molar-refractivity contribution in [2.45, 2.75) is 32.3 Å². The Balaban J connectivity index is 2.32. The molecule has 0 spiro atoms. The fourth-order valence-corrected chi connectivity index (χ4v) is 2.30. The molecule has 22 heavy (non-hydrogen) atoms. The van der Waals surface area contributed by atoms with Crippen molar-refractivity contribution in [3.8, 4) is 0 Å². The highest BCUT2D eigenvalue weighted by Gasteiger charge is 2.47. The quantitative estimate of drug-likeness (QED) is 0.855. The van der Waals surface area contributed by atoms with Gasteiger partial charge < -0.3 is 4.90 Å². The molecule has 2 atom stereocenters. The van der Waals surface area contributed by atoms with Gasteiger partial charge in [0.2, 0.25) is 0 Å². The summed E-state index contributed by atoms with van der Waals surface area (Å²) in [6.45, 7) is 4.28. The van der Waals surface area contributed by atoms with Crippen LogP contribution in [0.25, 0.3) is 0 Å². The average molecular weight is 315 g/mol. The summed E-state index contributed by atoms with van der Waals surface area (Å²) in [5.41, 5.74) is 1.64. The highest BCUT2D eigenvalue weighted by molar-refractivity contribution is 5.99. The lowest BCUT2D eigenvalue weighted by Crippen LogP contribution is -2.43. The molecule has 1 aromatic carbocycles. The first-order valence-corrected chi connectivity index (χ1v) is 7.01. The van der Waals surface area contributed by atoms with Crippen LogP contribution in [0.2, 0.25) is 0 Å². The summed E-state index contributed by atoms with van der Waals surface area (Å²) in [5.74, 6) is 0.219. The van der Waals surface area contributed by atoms with Crippen LogP contribution in [0.5, 0.6) is 0 Å². The third kappa shape index (κ3) is 3.78. The van der Waals surface area contributed by atoms with Gasteiger partial charge in [-0.2, -0.15) is 13.2 Å². The first-order chi connectivity index (χ1) is 10.2. The average Bonchev–Trinajstić information content (AvgIpc) is 2.83. The zero-order chi connectivity index (χ0) is 16.5. The van der Waals surface area contributed by atoms with Gasteiger partial charge in [0, 0.05) is 12.1 Å². The molecule has 2 rings (SSSR count). The summed E-state index contributed by atoms with van der Waals surface area (Å²) in [4.78, 5) is 10.7. The van der Waals surface area contributed by atoms with Crippen LogP contribution in [0.3, 0.4) is 0 Å². The van der Waals surface area contributed by atoms with Crippen LogP contribution in [-0.2, 0) is 4.84 Å². The van der Waals surface area contributed by atoms with Crippen molar-refractivity contribution in [3.05, 3.63) is 35.4 Å². The van der Waals surface area contributed by atoms with Crippen LogP contribution >= 0.6 is 0 Å². The van der Waals surface area contributed by atoms with Crippen molar-refractivity contribution in [3.63, 3.8) is 0 Å². The van der Waals surface area contributed by atoms with Gasteiger partial charge >= 0.3 is 6.18 Å². The SMILES string of the molecule is Cc1ccc(C2=N[C@H](C(F)(F)F)ON2C(C)CN(C)C)cc1. The van der Waals surface area contributed by atoms with Gasteiger partial charge in [-0.1, -0.05) is 29.8 Å². The number of aryl methyl sites for hydroxylation is 1. The normalized spacial score (nSPS) is 20.5. The highest BCUT2D eigenvalue weighted by atomic mass is 19.4. The Morgan fingerprint density at radius 2 is 1.86 bits per heavy atom. The number of hydrogen-bond acceptors (Lipinski definition) is 4. The van der Waals surface area contributed by atoms with Gasteiger partial charge in [0.1, 0.15) is 0 Å². The predicted octanol–water partition coefficient (Wildman–Crippen LogP) is 2.83. The van der Waals surface area contributed by atoms with Crippen molar-refractivity contribution in [1.82, 2.24) is 9.96 Å². The van der Waals surface area contributed by atoms with Crippen molar-refractivity contribution >= 4 is 5.84 Å². The molecule has 1 unspecified atom stereocenters. The number of halogens is 3. The number of amidine groups is 1. The number of hydrogen-bond donors (Lipinski definition) is 0. The largest absolute Gasteiger partial charge is 0.437 e. The molecule has 122 valence electrons. The minimum atomic E-state index is -4.53. The third-order valence-electron chi connectivity index (χ3n) is 3.28. The van der Waals surface area contributed by atoms with E-state index in [1.54, 1.807) is 12.1 Å². The van der Waals surface area contributed by atoms with Gasteiger partial charge in [0.05, 0.1) is 6.04 Å². The lowest BCUT2D eigenvalue weighted by atomic mass is 10.1. The van der Waals surface area contributed by atoms with Gasteiger partial charge in [-0.3, -0.25) is 0 Å². The standard InChI is InChI=1S/C15H20F3N3O/c1-10-5-7-12(8-6-10)13-19-14(15(16,17)18)22-21(13)11(2)9-20(3)4/h5-8,11,14H,9H2,1-4H3/t11?,14-/m0/s1. The Labute approximate surface area is 128 Å². The van der Waals surface area contributed by atoms with Crippen LogP contribution in [0, 0.1) is 6.92 Å². The molecule has 4 nitrogen and oxygen atoms in total. The maximum atomic E-state index is 12.9. The number of benzene rings is 1. The van der Waals surface area contributed by atoms with Gasteiger partial charge in [-0.05, 0) is 27.9 Å². The van der Waals surface area contributed by atoms with Gasteiger partial charge in [0.15, 0.2) is 5.84 Å². The van der Waals surface area contributed by atoms with E-state index >= 15 is 0 Å². The molecule has 7 heteroatoms. The lowest BCUT2D eigenvalue weighted by Gasteiger charge is -2.29. The van der Waals surface area contributed by atoms with E-state index in [4.69, 9.17) is 4.84 Å². The Morgan fingerprint density at radius 1 is 1.27 bits per heavy atom. The van der Waals surface area contributed by atoms with E-state index in [-0.39, 0.29) is 11.9 Å². The highest BCUT2D eigenvalue weighted by Crippen LogP contribution is 2.31. The Kier molecular flexibility index (Phi) is 4.77. The number of alkyl halides is 3. The molecule has 0 aromatic heterocycles. The molecule has 0 saturated carbocycles. The summed E-state index contributed by atoms with van der Waals surface area (Å²) < 4.78 is 38.8. The smallest absolute Gasteiger partial charge is 0.307 e. The molecule has 0 aliphatic carbocycles. The maximum Gasteiger partial charge on any atom is 0.437 e. The van der Waals surface area contributed by atoms with Crippen molar-refractivity contribution in [1.29, 1.82) is 0 Å². The molecule has 0 bridgehead atoms. The van der Waals surface area contributed by atoms with Gasteiger partial charge in [-0.15, -0.1) is 0 Å². The first-order valence-electron chi connectivity index (χ1n) is 7.01. The Morgan fingerprint density at radius 3 is 2.36 bits per heavy atom. The third-order valence-corrected chi connectivity index (χ3v) is 3.28. The topological polar surface area (TPSA) is 28.1 Å². The molecule has 1 heterocycles. The molecule has 1 aromatic rings. The van der Waals surface area contributed by atoms with Crippen LogP contribution in [0.4, 0.5) is 13.2 Å². The van der Waals surface area contributed by atoms with E-state index < -0.39 is 12.4 Å². The van der Waals surface area contributed by atoms with Gasteiger partial charge in [0.25, 0.3) is 6.23 Å². The monoisotopic (exact) mass is 315 g/mol. The summed E-state index contributed by atoms with van der Waals surface area (Å²) in [7, 11) is 3.72. The van der Waals surface area contributed by atoms with Crippen molar-refractivity contribution in [2.24, 2.45) is 4.99 Å². The Hall–Kier alpha value is -1.60. The van der Waals surface area contributed by atoms with E-state index in [1.165, 1.54) is 5.06 Å². The van der Waals surface area contributed by atoms with E-state index in [2.05, 4.69) is 4.99 Å². The first kappa shape index (κ1) is 16.8. The van der Waals surface area contributed by atoms with E-state index in [0.29, 0.717) is 12.1 Å². The van der Waals surface area contributed by atoms with E-state index in [1.807, 2.05) is 45.0 Å².